The lowest BCUT2D eigenvalue weighted by Gasteiger charge is -2.04. The highest BCUT2D eigenvalue weighted by atomic mass is 32.1. The number of nitrogens with one attached hydrogen (secondary N) is 1. The van der Waals surface area contributed by atoms with E-state index < -0.39 is 5.82 Å². The van der Waals surface area contributed by atoms with Gasteiger partial charge < -0.3 is 5.32 Å². The summed E-state index contributed by atoms with van der Waals surface area (Å²) < 4.78 is 13.5. The summed E-state index contributed by atoms with van der Waals surface area (Å²) in [5.74, 6) is -0.668. The van der Waals surface area contributed by atoms with Crippen LogP contribution in [0.1, 0.15) is 33.5 Å². The van der Waals surface area contributed by atoms with Crippen molar-refractivity contribution in [2.75, 3.05) is 5.32 Å². The Balaban J connectivity index is 2.16. The van der Waals surface area contributed by atoms with Gasteiger partial charge in [0.1, 0.15) is 5.82 Å². The first kappa shape index (κ1) is 13.7. The summed E-state index contributed by atoms with van der Waals surface area (Å²) in [6, 6.07) is 8.08. The fourth-order valence-corrected chi connectivity index (χ4v) is 2.86. The first-order valence-corrected chi connectivity index (χ1v) is 7.08. The van der Waals surface area contributed by atoms with Gasteiger partial charge in [-0.2, -0.15) is 0 Å². The van der Waals surface area contributed by atoms with Gasteiger partial charge in [-0.15, -0.1) is 11.3 Å². The highest BCUT2D eigenvalue weighted by Gasteiger charge is 2.13. The monoisotopic (exact) mass is 277 g/mol. The highest BCUT2D eigenvalue weighted by molar-refractivity contribution is 7.14. The van der Waals surface area contributed by atoms with Crippen molar-refractivity contribution in [3.05, 3.63) is 51.5 Å². The van der Waals surface area contributed by atoms with E-state index in [0.29, 0.717) is 4.88 Å². The van der Waals surface area contributed by atoms with E-state index >= 15 is 0 Å². The van der Waals surface area contributed by atoms with Crippen LogP contribution in [0.5, 0.6) is 0 Å². The van der Waals surface area contributed by atoms with Gasteiger partial charge in [0.2, 0.25) is 0 Å². The molecule has 1 heterocycles. The van der Waals surface area contributed by atoms with Crippen molar-refractivity contribution in [1.82, 2.24) is 0 Å². The summed E-state index contributed by atoms with van der Waals surface area (Å²) in [6.07, 6.45) is 2.02. The van der Waals surface area contributed by atoms with Gasteiger partial charge in [0, 0.05) is 4.88 Å². The molecule has 1 N–H and O–H groups in total. The Morgan fingerprint density at radius 2 is 2.11 bits per heavy atom. The predicted octanol–water partition coefficient (Wildman–Crippen LogP) is 4.40. The summed E-state index contributed by atoms with van der Waals surface area (Å²) in [4.78, 5) is 13.9. The van der Waals surface area contributed by atoms with Crippen molar-refractivity contribution in [3.63, 3.8) is 0 Å². The number of hydrogen-bond donors (Lipinski definition) is 1. The van der Waals surface area contributed by atoms with Crippen molar-refractivity contribution < 1.29 is 9.18 Å². The summed E-state index contributed by atoms with van der Waals surface area (Å²) in [5, 5.41) is 2.61. The molecule has 2 rings (SSSR count). The molecule has 0 fully saturated rings. The van der Waals surface area contributed by atoms with Crippen molar-refractivity contribution in [2.45, 2.75) is 26.7 Å². The quantitative estimate of drug-likeness (QED) is 0.881. The van der Waals surface area contributed by atoms with Gasteiger partial charge in [0.05, 0.1) is 10.6 Å². The summed E-state index contributed by atoms with van der Waals surface area (Å²) in [6.45, 7) is 4.12. The Kier molecular flexibility index (Phi) is 4.32. The Bertz CT molecular complexity index is 592. The third kappa shape index (κ3) is 3.20. The molecule has 2 nitrogen and oxygen atoms in total. The van der Waals surface area contributed by atoms with E-state index in [4.69, 9.17) is 0 Å². The molecular formula is C15H16FNOS. The normalized spacial score (nSPS) is 10.5. The Labute approximate surface area is 116 Å². The maximum absolute atomic E-state index is 13.5. The predicted molar refractivity (Wildman–Crippen MR) is 77.4 cm³/mol. The van der Waals surface area contributed by atoms with E-state index in [1.165, 1.54) is 23.0 Å². The van der Waals surface area contributed by atoms with Crippen LogP contribution < -0.4 is 5.32 Å². The molecule has 100 valence electrons. The number of aryl methyl sites for hydroxylation is 2. The molecule has 4 heteroatoms. The molecule has 0 aliphatic heterocycles. The molecule has 0 aliphatic carbocycles. The van der Waals surface area contributed by atoms with Crippen LogP contribution in [0.3, 0.4) is 0 Å². The second kappa shape index (κ2) is 5.97. The number of halogens is 1. The van der Waals surface area contributed by atoms with Crippen LogP contribution in [-0.2, 0) is 6.42 Å². The second-order valence-electron chi connectivity index (χ2n) is 4.38. The van der Waals surface area contributed by atoms with E-state index in [-0.39, 0.29) is 11.6 Å². The molecule has 1 aromatic heterocycles. The average Bonchev–Trinajstić information content (AvgIpc) is 2.75. The fourth-order valence-electron chi connectivity index (χ4n) is 1.90. The first-order chi connectivity index (χ1) is 9.11. The standard InChI is InChI=1S/C15H16FNOS/c1-3-6-11-9-14(19-10(11)2)15(18)17-13-8-5-4-7-12(13)16/h4-5,7-9H,3,6H2,1-2H3,(H,17,18). The van der Waals surface area contributed by atoms with Crippen LogP contribution in [0, 0.1) is 12.7 Å². The second-order valence-corrected chi connectivity index (χ2v) is 5.63. The van der Waals surface area contributed by atoms with Gasteiger partial charge in [0.15, 0.2) is 0 Å². The van der Waals surface area contributed by atoms with Gasteiger partial charge in [-0.05, 0) is 37.1 Å². The Morgan fingerprint density at radius 1 is 1.37 bits per heavy atom. The Morgan fingerprint density at radius 3 is 2.79 bits per heavy atom. The summed E-state index contributed by atoms with van der Waals surface area (Å²) >= 11 is 1.45. The minimum atomic E-state index is -0.419. The lowest BCUT2D eigenvalue weighted by molar-refractivity contribution is 0.103. The van der Waals surface area contributed by atoms with Gasteiger partial charge >= 0.3 is 0 Å². The zero-order chi connectivity index (χ0) is 13.8. The van der Waals surface area contributed by atoms with Crippen molar-refractivity contribution in [1.29, 1.82) is 0 Å². The van der Waals surface area contributed by atoms with Crippen LogP contribution in [0.4, 0.5) is 10.1 Å². The number of hydrogen-bond acceptors (Lipinski definition) is 2. The lowest BCUT2D eigenvalue weighted by atomic mass is 10.1. The average molecular weight is 277 g/mol. The van der Waals surface area contributed by atoms with Gasteiger partial charge in [-0.25, -0.2) is 4.39 Å². The van der Waals surface area contributed by atoms with Gasteiger partial charge in [0.25, 0.3) is 5.91 Å². The zero-order valence-corrected chi connectivity index (χ0v) is 11.8. The van der Waals surface area contributed by atoms with Crippen LogP contribution in [-0.4, -0.2) is 5.91 Å². The number of benzene rings is 1. The molecule has 0 aliphatic rings. The summed E-state index contributed by atoms with van der Waals surface area (Å²) in [7, 11) is 0. The molecule has 0 saturated carbocycles. The lowest BCUT2D eigenvalue weighted by Crippen LogP contribution is -2.11. The molecule has 0 saturated heterocycles. The van der Waals surface area contributed by atoms with Crippen molar-refractivity contribution in [2.24, 2.45) is 0 Å². The molecular weight excluding hydrogens is 261 g/mol. The van der Waals surface area contributed by atoms with Crippen molar-refractivity contribution >= 4 is 22.9 Å². The van der Waals surface area contributed by atoms with Crippen LogP contribution in [0.15, 0.2) is 30.3 Å². The first-order valence-electron chi connectivity index (χ1n) is 6.27. The fraction of sp³-hybridized carbons (Fsp3) is 0.267. The maximum Gasteiger partial charge on any atom is 0.265 e. The highest BCUT2D eigenvalue weighted by Crippen LogP contribution is 2.24. The third-order valence-corrected chi connectivity index (χ3v) is 3.98. The van der Waals surface area contributed by atoms with Crippen LogP contribution in [0.2, 0.25) is 0 Å². The number of rotatable bonds is 4. The Hall–Kier alpha value is -1.68. The molecule has 19 heavy (non-hydrogen) atoms. The molecule has 0 radical (unpaired) electrons. The zero-order valence-electron chi connectivity index (χ0n) is 11.0. The molecule has 0 spiro atoms. The molecule has 0 atom stereocenters. The number of carbonyl (C=O) groups excluding carboxylic acids is 1. The topological polar surface area (TPSA) is 29.1 Å². The summed E-state index contributed by atoms with van der Waals surface area (Å²) in [5.41, 5.74) is 1.42. The van der Waals surface area contributed by atoms with E-state index in [2.05, 4.69) is 12.2 Å². The van der Waals surface area contributed by atoms with E-state index in [9.17, 15) is 9.18 Å². The number of carbonyl (C=O) groups is 1. The smallest absolute Gasteiger partial charge is 0.265 e. The van der Waals surface area contributed by atoms with Gasteiger partial charge in [-0.1, -0.05) is 25.5 Å². The minimum Gasteiger partial charge on any atom is -0.319 e. The van der Waals surface area contributed by atoms with E-state index in [1.807, 2.05) is 13.0 Å². The van der Waals surface area contributed by atoms with E-state index in [0.717, 1.165) is 17.7 Å². The largest absolute Gasteiger partial charge is 0.319 e. The number of thiophene rings is 1. The van der Waals surface area contributed by atoms with Crippen molar-refractivity contribution in [3.8, 4) is 0 Å². The molecule has 1 aromatic carbocycles. The van der Waals surface area contributed by atoms with Crippen LogP contribution in [0.25, 0.3) is 0 Å². The molecule has 2 aromatic rings. The SMILES string of the molecule is CCCc1cc(C(=O)Nc2ccccc2F)sc1C. The third-order valence-electron chi connectivity index (χ3n) is 2.89. The maximum atomic E-state index is 13.5. The number of amides is 1. The van der Waals surface area contributed by atoms with Gasteiger partial charge in [-0.3, -0.25) is 4.79 Å². The molecule has 0 bridgehead atoms. The van der Waals surface area contributed by atoms with Crippen LogP contribution >= 0.6 is 11.3 Å². The molecule has 0 unspecified atom stereocenters. The number of anilines is 1. The molecule has 1 amide bonds. The number of para-hydroxylation sites is 1. The minimum absolute atomic E-state index is 0.218. The van der Waals surface area contributed by atoms with E-state index in [1.54, 1.807) is 18.2 Å².